The Morgan fingerprint density at radius 2 is 1.82 bits per heavy atom. The highest BCUT2D eigenvalue weighted by Crippen LogP contribution is 2.50. The van der Waals surface area contributed by atoms with Gasteiger partial charge in [0.2, 0.25) is 0 Å². The molecular formula is C23H31NO4. The second-order valence-electron chi connectivity index (χ2n) is 8.76. The van der Waals surface area contributed by atoms with Gasteiger partial charge in [-0.1, -0.05) is 37.3 Å². The van der Waals surface area contributed by atoms with E-state index in [-0.39, 0.29) is 30.1 Å². The van der Waals surface area contributed by atoms with Crippen LogP contribution in [-0.4, -0.2) is 23.7 Å². The molecule has 0 aliphatic heterocycles. The van der Waals surface area contributed by atoms with Gasteiger partial charge in [-0.15, -0.1) is 0 Å². The first-order valence-electron chi connectivity index (χ1n) is 10.8. The lowest BCUT2D eigenvalue weighted by atomic mass is 9.84. The number of carbonyl (C=O) groups excluding carboxylic acids is 2. The van der Waals surface area contributed by atoms with Crippen molar-refractivity contribution in [1.29, 1.82) is 0 Å². The van der Waals surface area contributed by atoms with E-state index in [0.717, 1.165) is 56.9 Å². The summed E-state index contributed by atoms with van der Waals surface area (Å²) in [6.45, 7) is 2.34. The maximum atomic E-state index is 13.1. The van der Waals surface area contributed by atoms with Crippen LogP contribution < -0.4 is 5.32 Å². The number of benzene rings is 1. The summed E-state index contributed by atoms with van der Waals surface area (Å²) in [6.07, 6.45) is 7.75. The van der Waals surface area contributed by atoms with E-state index in [4.69, 9.17) is 9.47 Å². The molecule has 3 aliphatic rings. The fourth-order valence-electron chi connectivity index (χ4n) is 5.57. The lowest BCUT2D eigenvalue weighted by Gasteiger charge is -2.34. The van der Waals surface area contributed by atoms with Crippen LogP contribution in [0.25, 0.3) is 0 Å². The summed E-state index contributed by atoms with van der Waals surface area (Å²) < 4.78 is 11.5. The number of amides is 1. The normalized spacial score (nSPS) is 30.2. The number of nitrogens with one attached hydrogen (secondary N) is 1. The summed E-state index contributed by atoms with van der Waals surface area (Å²) in [5.74, 6) is 0.344. The van der Waals surface area contributed by atoms with E-state index in [2.05, 4.69) is 12.2 Å². The molecule has 28 heavy (non-hydrogen) atoms. The Morgan fingerprint density at radius 1 is 1.11 bits per heavy atom. The maximum absolute atomic E-state index is 13.1. The number of carbonyl (C=O) groups is 2. The van der Waals surface area contributed by atoms with Crippen LogP contribution in [0, 0.1) is 17.8 Å². The molecule has 5 nitrogen and oxygen atoms in total. The van der Waals surface area contributed by atoms with Gasteiger partial charge in [0.15, 0.2) is 0 Å². The topological polar surface area (TPSA) is 64.6 Å². The minimum Gasteiger partial charge on any atom is -0.459 e. The summed E-state index contributed by atoms with van der Waals surface area (Å²) in [6, 6.07) is 9.47. The number of hydrogen-bond donors (Lipinski definition) is 1. The second kappa shape index (κ2) is 8.14. The smallest absolute Gasteiger partial charge is 0.407 e. The highest BCUT2D eigenvalue weighted by molar-refractivity contribution is 5.77. The quantitative estimate of drug-likeness (QED) is 0.727. The molecule has 2 bridgehead atoms. The number of ether oxygens (including phenoxy) is 2. The molecule has 1 aromatic carbocycles. The van der Waals surface area contributed by atoms with Crippen molar-refractivity contribution < 1.29 is 19.1 Å². The van der Waals surface area contributed by atoms with Crippen molar-refractivity contribution in [3.05, 3.63) is 35.9 Å². The largest absolute Gasteiger partial charge is 0.459 e. The van der Waals surface area contributed by atoms with E-state index in [1.807, 2.05) is 30.3 Å². The van der Waals surface area contributed by atoms with E-state index in [1.54, 1.807) is 0 Å². The van der Waals surface area contributed by atoms with Gasteiger partial charge < -0.3 is 14.8 Å². The molecule has 3 aliphatic carbocycles. The van der Waals surface area contributed by atoms with Crippen LogP contribution in [0.5, 0.6) is 0 Å². The third kappa shape index (κ3) is 3.89. The molecule has 0 radical (unpaired) electrons. The highest BCUT2D eigenvalue weighted by atomic mass is 16.6. The van der Waals surface area contributed by atoms with E-state index in [9.17, 15) is 9.59 Å². The third-order valence-electron chi connectivity index (χ3n) is 7.16. The van der Waals surface area contributed by atoms with E-state index < -0.39 is 6.09 Å². The SMILES string of the molecule is CCC1(OC(=O)C2C3CCC(C3)C2NC(=O)OCc2ccccc2)CCCC1. The Balaban J connectivity index is 1.38. The van der Waals surface area contributed by atoms with Crippen molar-refractivity contribution in [2.45, 2.75) is 76.5 Å². The second-order valence-corrected chi connectivity index (χ2v) is 8.76. The van der Waals surface area contributed by atoms with Crippen LogP contribution in [0.4, 0.5) is 4.79 Å². The molecule has 4 unspecified atom stereocenters. The lowest BCUT2D eigenvalue weighted by Crippen LogP contribution is -2.49. The Hall–Kier alpha value is -2.04. The van der Waals surface area contributed by atoms with Gasteiger partial charge in [0.25, 0.3) is 0 Å². The van der Waals surface area contributed by atoms with Crippen molar-refractivity contribution in [2.24, 2.45) is 17.8 Å². The van der Waals surface area contributed by atoms with Gasteiger partial charge in [0.05, 0.1) is 5.92 Å². The van der Waals surface area contributed by atoms with Crippen molar-refractivity contribution in [3.63, 3.8) is 0 Å². The first-order valence-corrected chi connectivity index (χ1v) is 10.8. The van der Waals surface area contributed by atoms with Gasteiger partial charge in [-0.25, -0.2) is 4.79 Å². The average Bonchev–Trinajstić information content (AvgIpc) is 3.44. The molecule has 1 N–H and O–H groups in total. The summed E-state index contributed by atoms with van der Waals surface area (Å²) in [4.78, 5) is 25.5. The molecule has 0 spiro atoms. The molecule has 0 saturated heterocycles. The molecular weight excluding hydrogens is 354 g/mol. The average molecular weight is 386 g/mol. The summed E-state index contributed by atoms with van der Waals surface area (Å²) in [5, 5.41) is 3.00. The van der Waals surface area contributed by atoms with Crippen molar-refractivity contribution in [2.75, 3.05) is 0 Å². The van der Waals surface area contributed by atoms with Crippen molar-refractivity contribution >= 4 is 12.1 Å². The number of hydrogen-bond acceptors (Lipinski definition) is 4. The van der Waals surface area contributed by atoms with Gasteiger partial charge >= 0.3 is 12.1 Å². The monoisotopic (exact) mass is 385 g/mol. The van der Waals surface area contributed by atoms with Crippen molar-refractivity contribution in [3.8, 4) is 0 Å². The maximum Gasteiger partial charge on any atom is 0.407 e. The summed E-state index contributed by atoms with van der Waals surface area (Å²) in [7, 11) is 0. The molecule has 3 saturated carbocycles. The van der Waals surface area contributed by atoms with Gasteiger partial charge in [0.1, 0.15) is 12.2 Å². The Bertz CT molecular complexity index is 698. The minimum absolute atomic E-state index is 0.107. The fourth-order valence-corrected chi connectivity index (χ4v) is 5.57. The molecule has 1 aromatic rings. The van der Waals surface area contributed by atoms with Gasteiger partial charge in [-0.05, 0) is 68.8 Å². The Morgan fingerprint density at radius 3 is 2.54 bits per heavy atom. The zero-order valence-electron chi connectivity index (χ0n) is 16.7. The zero-order chi connectivity index (χ0) is 19.6. The molecule has 4 rings (SSSR count). The van der Waals surface area contributed by atoms with Gasteiger partial charge in [0, 0.05) is 6.04 Å². The number of alkyl carbamates (subject to hydrolysis) is 1. The summed E-state index contributed by atoms with van der Waals surface area (Å²) >= 11 is 0. The van der Waals surface area contributed by atoms with E-state index in [1.165, 1.54) is 0 Å². The predicted octanol–water partition coefficient (Wildman–Crippen LogP) is 4.59. The van der Waals surface area contributed by atoms with E-state index >= 15 is 0 Å². The van der Waals surface area contributed by atoms with Gasteiger partial charge in [-0.2, -0.15) is 0 Å². The van der Waals surface area contributed by atoms with Crippen LogP contribution >= 0.6 is 0 Å². The molecule has 1 amide bonds. The predicted molar refractivity (Wildman–Crippen MR) is 105 cm³/mol. The highest BCUT2D eigenvalue weighted by Gasteiger charge is 2.53. The Labute approximate surface area is 167 Å². The number of esters is 1. The minimum atomic E-state index is -0.440. The first-order chi connectivity index (χ1) is 13.6. The van der Waals surface area contributed by atoms with E-state index in [0.29, 0.717) is 11.8 Å². The Kier molecular flexibility index (Phi) is 5.61. The molecule has 3 fully saturated rings. The number of rotatable bonds is 6. The number of fused-ring (bicyclic) bond motifs is 2. The van der Waals surface area contributed by atoms with Crippen LogP contribution in [-0.2, 0) is 20.9 Å². The zero-order valence-corrected chi connectivity index (χ0v) is 16.7. The molecule has 0 heterocycles. The van der Waals surface area contributed by atoms with Crippen LogP contribution in [0.3, 0.4) is 0 Å². The molecule has 4 atom stereocenters. The molecule has 5 heteroatoms. The molecule has 152 valence electrons. The molecule has 0 aromatic heterocycles. The standard InChI is InChI=1S/C23H31NO4/c1-2-23(12-6-7-13-23)28-21(25)19-17-10-11-18(14-17)20(19)24-22(26)27-15-16-8-4-3-5-9-16/h3-5,8-9,17-20H,2,6-7,10-15H2,1H3,(H,24,26). The fraction of sp³-hybridized carbons (Fsp3) is 0.652. The van der Waals surface area contributed by atoms with Crippen LogP contribution in [0.1, 0.15) is 63.9 Å². The lowest BCUT2D eigenvalue weighted by molar-refractivity contribution is -0.167. The first kappa shape index (κ1) is 19.3. The van der Waals surface area contributed by atoms with Gasteiger partial charge in [-0.3, -0.25) is 4.79 Å². The van der Waals surface area contributed by atoms with Crippen LogP contribution in [0.15, 0.2) is 30.3 Å². The van der Waals surface area contributed by atoms with Crippen LogP contribution in [0.2, 0.25) is 0 Å². The third-order valence-corrected chi connectivity index (χ3v) is 7.16. The van der Waals surface area contributed by atoms with Crippen molar-refractivity contribution in [1.82, 2.24) is 5.32 Å². The summed E-state index contributed by atoms with van der Waals surface area (Å²) in [5.41, 5.74) is 0.671.